The molecule has 0 aromatic rings. The van der Waals surface area contributed by atoms with Gasteiger partial charge in [-0.1, -0.05) is 6.92 Å². The van der Waals surface area contributed by atoms with Crippen molar-refractivity contribution in [2.45, 2.75) is 13.3 Å². The average Bonchev–Trinajstić information content (AvgIpc) is 2.06. The van der Waals surface area contributed by atoms with Crippen LogP contribution < -0.4 is 5.32 Å². The van der Waals surface area contributed by atoms with E-state index in [9.17, 15) is 8.42 Å². The lowest BCUT2D eigenvalue weighted by molar-refractivity contribution is 0.360. The Bertz CT molecular complexity index is 225. The van der Waals surface area contributed by atoms with Gasteiger partial charge in [-0.25, -0.2) is 8.42 Å². The molecule has 13 heavy (non-hydrogen) atoms. The zero-order valence-electron chi connectivity index (χ0n) is 7.82. The van der Waals surface area contributed by atoms with Crippen molar-refractivity contribution in [3.05, 3.63) is 0 Å². The van der Waals surface area contributed by atoms with Crippen LogP contribution in [0.1, 0.15) is 13.3 Å². The van der Waals surface area contributed by atoms with Gasteiger partial charge in [0.1, 0.15) is 0 Å². The van der Waals surface area contributed by atoms with E-state index in [4.69, 9.17) is 0 Å². The molecule has 0 aromatic carbocycles. The van der Waals surface area contributed by atoms with Crippen molar-refractivity contribution in [1.29, 1.82) is 0 Å². The minimum absolute atomic E-state index is 0. The van der Waals surface area contributed by atoms with Crippen LogP contribution in [-0.2, 0) is 10.0 Å². The van der Waals surface area contributed by atoms with Gasteiger partial charge in [0.15, 0.2) is 0 Å². The second-order valence-electron chi connectivity index (χ2n) is 2.97. The summed E-state index contributed by atoms with van der Waals surface area (Å²) in [5.74, 6) is 0.285. The van der Waals surface area contributed by atoms with E-state index in [2.05, 4.69) is 5.32 Å². The van der Waals surface area contributed by atoms with Gasteiger partial charge in [0.2, 0.25) is 10.0 Å². The van der Waals surface area contributed by atoms with Crippen LogP contribution in [0.2, 0.25) is 0 Å². The highest BCUT2D eigenvalue weighted by molar-refractivity contribution is 7.89. The second kappa shape index (κ2) is 5.80. The molecule has 1 rings (SSSR count). The van der Waals surface area contributed by atoms with Crippen LogP contribution >= 0.6 is 12.4 Å². The molecule has 1 heterocycles. The molecule has 1 aliphatic heterocycles. The van der Waals surface area contributed by atoms with Gasteiger partial charge in [0.25, 0.3) is 0 Å². The van der Waals surface area contributed by atoms with Gasteiger partial charge in [0.05, 0.1) is 5.75 Å². The zero-order chi connectivity index (χ0) is 9.03. The van der Waals surface area contributed by atoms with Crippen LogP contribution in [0.3, 0.4) is 0 Å². The van der Waals surface area contributed by atoms with E-state index in [1.165, 1.54) is 0 Å². The molecule has 0 unspecified atom stereocenters. The lowest BCUT2D eigenvalue weighted by Gasteiger charge is -2.26. The number of rotatable bonds is 3. The fourth-order valence-corrected chi connectivity index (χ4v) is 2.82. The standard InChI is InChI=1S/C7H16N2O2S.ClH/c1-2-7-12(10,11)9-5-3-8-4-6-9;/h8H,2-7H2,1H3;1H. The molecule has 0 radical (unpaired) electrons. The first-order valence-corrected chi connectivity index (χ1v) is 5.96. The summed E-state index contributed by atoms with van der Waals surface area (Å²) in [5.41, 5.74) is 0. The van der Waals surface area contributed by atoms with E-state index >= 15 is 0 Å². The van der Waals surface area contributed by atoms with Gasteiger partial charge in [-0.2, -0.15) is 4.31 Å². The van der Waals surface area contributed by atoms with Crippen LogP contribution in [0.4, 0.5) is 0 Å². The molecule has 1 saturated heterocycles. The molecular weight excluding hydrogens is 212 g/mol. The maximum Gasteiger partial charge on any atom is 0.214 e. The Hall–Kier alpha value is 0.160. The molecule has 6 heteroatoms. The van der Waals surface area contributed by atoms with Crippen LogP contribution in [-0.4, -0.2) is 44.7 Å². The highest BCUT2D eigenvalue weighted by atomic mass is 35.5. The first kappa shape index (κ1) is 13.2. The maximum atomic E-state index is 11.5. The third-order valence-electron chi connectivity index (χ3n) is 1.93. The van der Waals surface area contributed by atoms with Crippen molar-refractivity contribution in [2.24, 2.45) is 0 Å². The van der Waals surface area contributed by atoms with E-state index < -0.39 is 10.0 Å². The van der Waals surface area contributed by atoms with Crippen molar-refractivity contribution >= 4 is 22.4 Å². The summed E-state index contributed by atoms with van der Waals surface area (Å²) < 4.78 is 24.5. The number of piperazine rings is 1. The van der Waals surface area contributed by atoms with Gasteiger partial charge >= 0.3 is 0 Å². The molecule has 0 aromatic heterocycles. The summed E-state index contributed by atoms with van der Waals surface area (Å²) in [5, 5.41) is 3.12. The third-order valence-corrected chi connectivity index (χ3v) is 4.01. The third kappa shape index (κ3) is 3.81. The summed E-state index contributed by atoms with van der Waals surface area (Å²) >= 11 is 0. The van der Waals surface area contributed by atoms with E-state index in [-0.39, 0.29) is 18.2 Å². The van der Waals surface area contributed by atoms with Crippen LogP contribution in [0.5, 0.6) is 0 Å². The largest absolute Gasteiger partial charge is 0.314 e. The molecule has 1 aliphatic rings. The Kier molecular flexibility index (Phi) is 5.87. The Labute approximate surface area is 86.1 Å². The number of nitrogens with one attached hydrogen (secondary N) is 1. The fourth-order valence-electron chi connectivity index (χ4n) is 1.31. The zero-order valence-corrected chi connectivity index (χ0v) is 9.46. The molecule has 0 bridgehead atoms. The first-order chi connectivity index (χ1) is 5.67. The minimum atomic E-state index is -2.94. The lowest BCUT2D eigenvalue weighted by Crippen LogP contribution is -2.47. The summed E-state index contributed by atoms with van der Waals surface area (Å²) in [6.45, 7) is 4.70. The number of halogens is 1. The van der Waals surface area contributed by atoms with Gasteiger partial charge < -0.3 is 5.32 Å². The van der Waals surface area contributed by atoms with Crippen LogP contribution in [0, 0.1) is 0 Å². The summed E-state index contributed by atoms with van der Waals surface area (Å²) in [6, 6.07) is 0. The van der Waals surface area contributed by atoms with Crippen molar-refractivity contribution in [3.63, 3.8) is 0 Å². The van der Waals surface area contributed by atoms with Crippen LogP contribution in [0.15, 0.2) is 0 Å². The highest BCUT2D eigenvalue weighted by Crippen LogP contribution is 2.03. The summed E-state index contributed by atoms with van der Waals surface area (Å²) in [4.78, 5) is 0. The molecule has 0 aliphatic carbocycles. The Morgan fingerprint density at radius 2 is 1.85 bits per heavy atom. The van der Waals surface area contributed by atoms with Crippen molar-refractivity contribution in [1.82, 2.24) is 9.62 Å². The van der Waals surface area contributed by atoms with Gasteiger partial charge in [-0.15, -0.1) is 12.4 Å². The molecule has 80 valence electrons. The smallest absolute Gasteiger partial charge is 0.214 e. The number of nitrogens with zero attached hydrogens (tertiary/aromatic N) is 1. The molecule has 4 nitrogen and oxygen atoms in total. The van der Waals surface area contributed by atoms with Gasteiger partial charge in [0, 0.05) is 26.2 Å². The van der Waals surface area contributed by atoms with E-state index in [0.717, 1.165) is 13.1 Å². The van der Waals surface area contributed by atoms with E-state index in [1.54, 1.807) is 4.31 Å². The fraction of sp³-hybridized carbons (Fsp3) is 1.00. The Balaban J connectivity index is 0.00000144. The minimum Gasteiger partial charge on any atom is -0.314 e. The number of hydrogen-bond donors (Lipinski definition) is 1. The molecular formula is C7H17ClN2O2S. The van der Waals surface area contributed by atoms with Crippen LogP contribution in [0.25, 0.3) is 0 Å². The predicted octanol–water partition coefficient (Wildman–Crippen LogP) is 0.0532. The van der Waals surface area contributed by atoms with Crippen molar-refractivity contribution in [3.8, 4) is 0 Å². The molecule has 0 atom stereocenters. The van der Waals surface area contributed by atoms with E-state index in [0.29, 0.717) is 19.5 Å². The van der Waals surface area contributed by atoms with Gasteiger partial charge in [-0.05, 0) is 6.42 Å². The number of sulfonamides is 1. The van der Waals surface area contributed by atoms with Crippen molar-refractivity contribution in [2.75, 3.05) is 31.9 Å². The van der Waals surface area contributed by atoms with Crippen molar-refractivity contribution < 1.29 is 8.42 Å². The maximum absolute atomic E-state index is 11.5. The highest BCUT2D eigenvalue weighted by Gasteiger charge is 2.21. The monoisotopic (exact) mass is 228 g/mol. The SMILES string of the molecule is CCCS(=O)(=O)N1CCNCC1.Cl. The van der Waals surface area contributed by atoms with E-state index in [1.807, 2.05) is 6.92 Å². The predicted molar refractivity (Wildman–Crippen MR) is 55.8 cm³/mol. The second-order valence-corrected chi connectivity index (χ2v) is 5.05. The lowest BCUT2D eigenvalue weighted by atomic mass is 10.4. The first-order valence-electron chi connectivity index (χ1n) is 4.35. The number of hydrogen-bond acceptors (Lipinski definition) is 3. The summed E-state index contributed by atoms with van der Waals surface area (Å²) in [7, 11) is -2.94. The normalized spacial score (nSPS) is 19.5. The summed E-state index contributed by atoms with van der Waals surface area (Å²) in [6.07, 6.45) is 0.701. The topological polar surface area (TPSA) is 49.4 Å². The van der Waals surface area contributed by atoms with Gasteiger partial charge in [-0.3, -0.25) is 0 Å². The molecule has 0 spiro atoms. The average molecular weight is 229 g/mol. The molecule has 1 N–H and O–H groups in total. The Morgan fingerprint density at radius 1 is 1.31 bits per heavy atom. The quantitative estimate of drug-likeness (QED) is 0.743. The molecule has 0 amide bonds. The molecule has 0 saturated carbocycles. The Morgan fingerprint density at radius 3 is 2.31 bits per heavy atom. The molecule has 1 fully saturated rings.